The maximum Gasteiger partial charge on any atom is 0.319 e. The fourth-order valence-corrected chi connectivity index (χ4v) is 8.18. The molecule has 1 aromatic carbocycles. The van der Waals surface area contributed by atoms with E-state index < -0.39 is 11.5 Å². The molecule has 6 rings (SSSR count). The number of benzene rings is 1. The highest BCUT2D eigenvalue weighted by Gasteiger charge is 2.72. The Morgan fingerprint density at radius 1 is 1.10 bits per heavy atom. The highest BCUT2D eigenvalue weighted by atomic mass is 16.5. The molecule has 1 heterocycles. The van der Waals surface area contributed by atoms with Crippen molar-refractivity contribution in [2.75, 3.05) is 6.61 Å². The van der Waals surface area contributed by atoms with Crippen molar-refractivity contribution in [3.63, 3.8) is 0 Å². The van der Waals surface area contributed by atoms with E-state index in [1.165, 1.54) is 32.1 Å². The van der Waals surface area contributed by atoms with Crippen molar-refractivity contribution in [2.24, 2.45) is 41.4 Å². The zero-order chi connectivity index (χ0) is 19.6. The van der Waals surface area contributed by atoms with Crippen molar-refractivity contribution in [2.45, 2.75) is 57.2 Å². The average Bonchev–Trinajstić information content (AvgIpc) is 3.21. The van der Waals surface area contributed by atoms with Gasteiger partial charge < -0.3 is 9.47 Å². The summed E-state index contributed by atoms with van der Waals surface area (Å²) in [5, 5.41) is 0. The van der Waals surface area contributed by atoms with E-state index in [2.05, 4.69) is 0 Å². The predicted molar refractivity (Wildman–Crippen MR) is 107 cm³/mol. The molecule has 4 nitrogen and oxygen atoms in total. The molecule has 4 saturated carbocycles. The highest BCUT2D eigenvalue weighted by Crippen LogP contribution is 2.68. The van der Waals surface area contributed by atoms with Crippen LogP contribution < -0.4 is 0 Å². The van der Waals surface area contributed by atoms with Gasteiger partial charge in [0.15, 0.2) is 0 Å². The fraction of sp³-hybridized carbons (Fsp3) is 0.680. The number of esters is 1. The summed E-state index contributed by atoms with van der Waals surface area (Å²) in [5.41, 5.74) is 0.377. The topological polar surface area (TPSA) is 52.6 Å². The molecule has 5 aliphatic rings. The Morgan fingerprint density at radius 3 is 2.79 bits per heavy atom. The van der Waals surface area contributed by atoms with Crippen LogP contribution in [0.5, 0.6) is 0 Å². The number of carbonyl (C=O) groups is 2. The van der Waals surface area contributed by atoms with E-state index in [0.29, 0.717) is 30.1 Å². The largest absolute Gasteiger partial charge is 0.460 e. The number of hydrogen-bond donors (Lipinski definition) is 0. The Balaban J connectivity index is 1.29. The summed E-state index contributed by atoms with van der Waals surface area (Å²) in [6.07, 6.45) is 8.01. The van der Waals surface area contributed by atoms with Crippen LogP contribution >= 0.6 is 0 Å². The quantitative estimate of drug-likeness (QED) is 0.570. The lowest BCUT2D eigenvalue weighted by atomic mass is 9.56. The minimum absolute atomic E-state index is 0.0710. The molecule has 1 aromatic rings. The van der Waals surface area contributed by atoms with Crippen LogP contribution in [0.1, 0.15) is 50.5 Å². The first-order valence-corrected chi connectivity index (χ1v) is 11.5. The normalized spacial score (nSPS) is 44.8. The number of fused-ring (bicyclic) bond motifs is 4. The Morgan fingerprint density at radius 2 is 1.93 bits per heavy atom. The van der Waals surface area contributed by atoms with Gasteiger partial charge in [-0.05, 0) is 60.3 Å². The van der Waals surface area contributed by atoms with Crippen LogP contribution in [0.4, 0.5) is 0 Å². The van der Waals surface area contributed by atoms with E-state index in [1.54, 1.807) is 0 Å². The zero-order valence-electron chi connectivity index (χ0n) is 16.9. The molecule has 0 aromatic heterocycles. The lowest BCUT2D eigenvalue weighted by Crippen LogP contribution is -2.52. The summed E-state index contributed by atoms with van der Waals surface area (Å²) < 4.78 is 12.2. The molecular weight excluding hydrogens is 364 g/mol. The number of carbonyl (C=O) groups excluding carboxylic acids is 2. The smallest absolute Gasteiger partial charge is 0.319 e. The lowest BCUT2D eigenvalue weighted by molar-refractivity contribution is -0.170. The van der Waals surface area contributed by atoms with Crippen molar-refractivity contribution >= 4 is 11.8 Å². The number of hydrogen-bond acceptors (Lipinski definition) is 4. The Labute approximate surface area is 172 Å². The number of rotatable bonds is 3. The first kappa shape index (κ1) is 18.1. The molecule has 0 N–H and O–H groups in total. The average molecular weight is 395 g/mol. The van der Waals surface area contributed by atoms with Gasteiger partial charge in [0.05, 0.1) is 12.2 Å². The van der Waals surface area contributed by atoms with Gasteiger partial charge in [-0.2, -0.15) is 0 Å². The summed E-state index contributed by atoms with van der Waals surface area (Å²) in [6, 6.07) is 9.71. The van der Waals surface area contributed by atoms with Crippen LogP contribution in [-0.4, -0.2) is 24.0 Å². The number of ketones is 1. The molecule has 0 radical (unpaired) electrons. The molecule has 1 unspecified atom stereocenters. The minimum Gasteiger partial charge on any atom is -0.460 e. The van der Waals surface area contributed by atoms with Gasteiger partial charge in [0.2, 0.25) is 0 Å². The van der Waals surface area contributed by atoms with Crippen molar-refractivity contribution in [1.29, 1.82) is 0 Å². The Bertz CT molecular complexity index is 819. The van der Waals surface area contributed by atoms with Crippen LogP contribution in [0.25, 0.3) is 0 Å². The number of ether oxygens (including phenoxy) is 2. The van der Waals surface area contributed by atoms with Gasteiger partial charge >= 0.3 is 5.97 Å². The molecule has 8 atom stereocenters. The molecule has 1 saturated heterocycles. The molecule has 4 aliphatic carbocycles. The van der Waals surface area contributed by atoms with Crippen LogP contribution in [-0.2, 0) is 25.7 Å². The van der Waals surface area contributed by atoms with E-state index in [-0.39, 0.29) is 18.4 Å². The Kier molecular flexibility index (Phi) is 4.16. The van der Waals surface area contributed by atoms with Gasteiger partial charge in [-0.15, -0.1) is 0 Å². The first-order valence-electron chi connectivity index (χ1n) is 11.5. The maximum absolute atomic E-state index is 13.2. The fourth-order valence-electron chi connectivity index (χ4n) is 8.18. The predicted octanol–water partition coefficient (Wildman–Crippen LogP) is 4.17. The molecule has 154 valence electrons. The summed E-state index contributed by atoms with van der Waals surface area (Å²) >= 11 is 0. The van der Waals surface area contributed by atoms with Crippen molar-refractivity contribution in [3.8, 4) is 0 Å². The minimum atomic E-state index is -0.720. The third-order valence-electron chi connectivity index (χ3n) is 8.98. The van der Waals surface area contributed by atoms with Gasteiger partial charge in [0, 0.05) is 6.42 Å². The monoisotopic (exact) mass is 394 g/mol. The SMILES string of the molecule is O=C1C[C@H]2C[C@@]3(OC[C@@H]4C[C@@H]5CCCC[C@H]5[C@H]2[C@@H]43)C1C(=O)OCc1ccccc1. The van der Waals surface area contributed by atoms with Crippen molar-refractivity contribution < 1.29 is 19.1 Å². The van der Waals surface area contributed by atoms with Crippen LogP contribution in [0, 0.1) is 41.4 Å². The van der Waals surface area contributed by atoms with Gasteiger partial charge in [-0.1, -0.05) is 49.6 Å². The zero-order valence-corrected chi connectivity index (χ0v) is 16.9. The van der Waals surface area contributed by atoms with E-state index in [0.717, 1.165) is 30.4 Å². The molecule has 0 amide bonds. The first-order chi connectivity index (χ1) is 14.2. The highest BCUT2D eigenvalue weighted by molar-refractivity contribution is 6.01. The second-order valence-electron chi connectivity index (χ2n) is 10.2. The van der Waals surface area contributed by atoms with Gasteiger partial charge in [0.25, 0.3) is 0 Å². The van der Waals surface area contributed by atoms with E-state index in [4.69, 9.17) is 9.47 Å². The molecule has 5 fully saturated rings. The summed E-state index contributed by atoms with van der Waals surface area (Å²) in [5.74, 6) is 2.45. The summed E-state index contributed by atoms with van der Waals surface area (Å²) in [7, 11) is 0. The second-order valence-corrected chi connectivity index (χ2v) is 10.2. The van der Waals surface area contributed by atoms with E-state index in [1.807, 2.05) is 30.3 Å². The second kappa shape index (κ2) is 6.66. The van der Waals surface area contributed by atoms with Crippen molar-refractivity contribution in [1.82, 2.24) is 0 Å². The van der Waals surface area contributed by atoms with Crippen LogP contribution in [0.3, 0.4) is 0 Å². The number of Topliss-reactive ketones (excluding diaryl/α,β-unsaturated/α-hetero) is 1. The molecule has 1 aliphatic heterocycles. The molecular formula is C25H30O4. The third-order valence-corrected chi connectivity index (χ3v) is 8.98. The van der Waals surface area contributed by atoms with E-state index in [9.17, 15) is 9.59 Å². The van der Waals surface area contributed by atoms with Gasteiger partial charge in [-0.3, -0.25) is 9.59 Å². The molecule has 4 heteroatoms. The molecule has 1 spiro atoms. The lowest BCUT2D eigenvalue weighted by Gasteiger charge is -2.47. The summed E-state index contributed by atoms with van der Waals surface area (Å²) in [4.78, 5) is 26.4. The van der Waals surface area contributed by atoms with Gasteiger partial charge in [-0.25, -0.2) is 0 Å². The third kappa shape index (κ3) is 2.60. The van der Waals surface area contributed by atoms with Crippen LogP contribution in [0.15, 0.2) is 30.3 Å². The van der Waals surface area contributed by atoms with Crippen LogP contribution in [0.2, 0.25) is 0 Å². The van der Waals surface area contributed by atoms with E-state index >= 15 is 0 Å². The molecule has 2 bridgehead atoms. The molecule has 29 heavy (non-hydrogen) atoms. The van der Waals surface area contributed by atoms with Gasteiger partial charge in [0.1, 0.15) is 18.3 Å². The van der Waals surface area contributed by atoms with Crippen molar-refractivity contribution in [3.05, 3.63) is 35.9 Å². The maximum atomic E-state index is 13.2. The Hall–Kier alpha value is -1.68. The summed E-state index contributed by atoms with van der Waals surface area (Å²) in [6.45, 7) is 0.956. The standard InChI is InChI=1S/C25H30O4/c26-20-11-17-12-25(23(20)24(27)28-13-15-6-2-1-3-7-15)22-18(14-29-25)10-16-8-4-5-9-19(16)21(17)22/h1-3,6-7,16-19,21-23H,4-5,8-14H2/t16-,17-,18-,19+,21-,22+,23?,25-/m0/s1.